The Balaban J connectivity index is 2.28. The summed E-state index contributed by atoms with van der Waals surface area (Å²) in [5, 5.41) is 14.3. The van der Waals surface area contributed by atoms with Gasteiger partial charge in [-0.1, -0.05) is 0 Å². The first-order valence-electron chi connectivity index (χ1n) is 5.62. The molecule has 17 heavy (non-hydrogen) atoms. The van der Waals surface area contributed by atoms with E-state index in [2.05, 4.69) is 41.8 Å². The van der Waals surface area contributed by atoms with Crippen LogP contribution in [0.3, 0.4) is 0 Å². The third-order valence-corrected chi connectivity index (χ3v) is 3.88. The Morgan fingerprint density at radius 1 is 1.47 bits per heavy atom. The van der Waals surface area contributed by atoms with Crippen molar-refractivity contribution in [3.8, 4) is 0 Å². The minimum Gasteiger partial charge on any atom is -0.374 e. The lowest BCUT2D eigenvalue weighted by Gasteiger charge is -2.27. The average molecular weight is 346 g/mol. The molecule has 0 radical (unpaired) electrons. The number of nitro benzene ring substituents is 1. The van der Waals surface area contributed by atoms with Crippen molar-refractivity contribution in [2.75, 3.05) is 5.32 Å². The molecule has 0 aromatic heterocycles. The summed E-state index contributed by atoms with van der Waals surface area (Å²) in [7, 11) is 0. The van der Waals surface area contributed by atoms with Gasteiger partial charge in [-0.05, 0) is 67.3 Å². The van der Waals surface area contributed by atoms with Gasteiger partial charge in [-0.15, -0.1) is 0 Å². The van der Waals surface area contributed by atoms with Crippen molar-refractivity contribution < 1.29 is 4.92 Å². The second-order valence-electron chi connectivity index (χ2n) is 5.04. The van der Waals surface area contributed by atoms with Crippen molar-refractivity contribution in [1.29, 1.82) is 0 Å². The molecule has 92 valence electrons. The molecule has 0 unspecified atom stereocenters. The maximum atomic E-state index is 11.0. The molecule has 1 aliphatic rings. The molecular weight excluding hydrogens is 331 g/mol. The highest BCUT2D eigenvalue weighted by molar-refractivity contribution is 14.1. The molecule has 0 spiro atoms. The zero-order valence-electron chi connectivity index (χ0n) is 9.87. The standard InChI is InChI=1S/C12H15IN2O2/c1-12(2,8-3-4-8)14-10-6-5-9(13)7-11(10)15(16)17/h5-8,14H,3-4H2,1-2H3. The van der Waals surface area contributed by atoms with Gasteiger partial charge in [-0.3, -0.25) is 10.1 Å². The average Bonchev–Trinajstić information content (AvgIpc) is 3.03. The van der Waals surface area contributed by atoms with Gasteiger partial charge in [0.2, 0.25) is 0 Å². The summed E-state index contributed by atoms with van der Waals surface area (Å²) in [6, 6.07) is 5.29. The monoisotopic (exact) mass is 346 g/mol. The molecule has 1 aromatic carbocycles. The number of nitro groups is 1. The molecule has 0 bridgehead atoms. The second kappa shape index (κ2) is 4.44. The van der Waals surface area contributed by atoms with Crippen molar-refractivity contribution in [2.45, 2.75) is 32.2 Å². The van der Waals surface area contributed by atoms with Crippen LogP contribution in [0.2, 0.25) is 0 Å². The van der Waals surface area contributed by atoms with E-state index in [1.807, 2.05) is 6.07 Å². The normalized spacial score (nSPS) is 15.7. The van der Waals surface area contributed by atoms with Crippen LogP contribution in [0.5, 0.6) is 0 Å². The Morgan fingerprint density at radius 2 is 2.12 bits per heavy atom. The highest BCUT2D eigenvalue weighted by Gasteiger charge is 2.38. The predicted octanol–water partition coefficient (Wildman–Crippen LogP) is 3.80. The highest BCUT2D eigenvalue weighted by Crippen LogP contribution is 2.42. The van der Waals surface area contributed by atoms with Crippen molar-refractivity contribution >= 4 is 34.0 Å². The van der Waals surface area contributed by atoms with E-state index in [1.165, 1.54) is 12.8 Å². The lowest BCUT2D eigenvalue weighted by Crippen LogP contribution is -2.33. The van der Waals surface area contributed by atoms with Crippen LogP contribution in [0.15, 0.2) is 18.2 Å². The Hall–Kier alpha value is -0.850. The van der Waals surface area contributed by atoms with E-state index in [4.69, 9.17) is 0 Å². The third kappa shape index (κ3) is 2.88. The molecule has 1 aliphatic carbocycles. The maximum Gasteiger partial charge on any atom is 0.293 e. The minimum atomic E-state index is -0.326. The molecule has 2 rings (SSSR count). The third-order valence-electron chi connectivity index (χ3n) is 3.21. The fraction of sp³-hybridized carbons (Fsp3) is 0.500. The lowest BCUT2D eigenvalue weighted by molar-refractivity contribution is -0.384. The molecule has 0 atom stereocenters. The first kappa shape index (κ1) is 12.6. The number of anilines is 1. The van der Waals surface area contributed by atoms with Crippen LogP contribution in [0.4, 0.5) is 11.4 Å². The van der Waals surface area contributed by atoms with E-state index in [9.17, 15) is 10.1 Å². The number of rotatable bonds is 4. The summed E-state index contributed by atoms with van der Waals surface area (Å²) >= 11 is 2.09. The Labute approximate surface area is 114 Å². The van der Waals surface area contributed by atoms with Gasteiger partial charge in [0.05, 0.1) is 4.92 Å². The number of nitrogens with one attached hydrogen (secondary N) is 1. The molecule has 1 aromatic rings. The summed E-state index contributed by atoms with van der Waals surface area (Å²) in [5.74, 6) is 0.626. The molecule has 4 nitrogen and oxygen atoms in total. The van der Waals surface area contributed by atoms with Gasteiger partial charge in [0, 0.05) is 15.2 Å². The Kier molecular flexibility index (Phi) is 3.29. The molecular formula is C12H15IN2O2. The number of hydrogen-bond donors (Lipinski definition) is 1. The van der Waals surface area contributed by atoms with Gasteiger partial charge in [-0.2, -0.15) is 0 Å². The van der Waals surface area contributed by atoms with Crippen LogP contribution in [0, 0.1) is 19.6 Å². The van der Waals surface area contributed by atoms with Crippen LogP contribution >= 0.6 is 22.6 Å². The first-order chi connectivity index (χ1) is 7.90. The molecule has 0 saturated heterocycles. The SMILES string of the molecule is CC(C)(Nc1ccc(I)cc1[N+](=O)[O-])C1CC1. The van der Waals surface area contributed by atoms with E-state index in [0.29, 0.717) is 11.6 Å². The van der Waals surface area contributed by atoms with Crippen molar-refractivity contribution in [3.63, 3.8) is 0 Å². The van der Waals surface area contributed by atoms with Crippen LogP contribution in [0.25, 0.3) is 0 Å². The van der Waals surface area contributed by atoms with Gasteiger partial charge in [0.15, 0.2) is 0 Å². The molecule has 1 fully saturated rings. The van der Waals surface area contributed by atoms with Gasteiger partial charge in [0.1, 0.15) is 5.69 Å². The molecule has 5 heteroatoms. The zero-order chi connectivity index (χ0) is 12.6. The minimum absolute atomic E-state index is 0.0719. The van der Waals surface area contributed by atoms with Crippen molar-refractivity contribution in [3.05, 3.63) is 31.9 Å². The topological polar surface area (TPSA) is 55.2 Å². The molecule has 1 N–H and O–H groups in total. The molecule has 0 amide bonds. The van der Waals surface area contributed by atoms with Crippen molar-refractivity contribution in [2.24, 2.45) is 5.92 Å². The fourth-order valence-corrected chi connectivity index (χ4v) is 2.49. The van der Waals surface area contributed by atoms with E-state index in [-0.39, 0.29) is 16.1 Å². The van der Waals surface area contributed by atoms with Crippen LogP contribution in [-0.2, 0) is 0 Å². The number of benzene rings is 1. The maximum absolute atomic E-state index is 11.0. The van der Waals surface area contributed by atoms with E-state index < -0.39 is 0 Å². The van der Waals surface area contributed by atoms with Crippen molar-refractivity contribution in [1.82, 2.24) is 0 Å². The zero-order valence-corrected chi connectivity index (χ0v) is 12.0. The molecule has 0 heterocycles. The first-order valence-corrected chi connectivity index (χ1v) is 6.70. The van der Waals surface area contributed by atoms with Gasteiger partial charge >= 0.3 is 0 Å². The predicted molar refractivity (Wildman–Crippen MR) is 76.2 cm³/mol. The van der Waals surface area contributed by atoms with Crippen LogP contribution in [-0.4, -0.2) is 10.5 Å². The summed E-state index contributed by atoms with van der Waals surface area (Å²) in [6.45, 7) is 4.21. The van der Waals surface area contributed by atoms with Crippen LogP contribution in [0.1, 0.15) is 26.7 Å². The quantitative estimate of drug-likeness (QED) is 0.513. The number of hydrogen-bond acceptors (Lipinski definition) is 3. The smallest absolute Gasteiger partial charge is 0.293 e. The van der Waals surface area contributed by atoms with Gasteiger partial charge in [-0.25, -0.2) is 0 Å². The fourth-order valence-electron chi connectivity index (χ4n) is 2.02. The lowest BCUT2D eigenvalue weighted by atomic mass is 9.98. The summed E-state index contributed by atoms with van der Waals surface area (Å²) in [5.41, 5.74) is 0.704. The summed E-state index contributed by atoms with van der Waals surface area (Å²) < 4.78 is 0.879. The molecule has 1 saturated carbocycles. The van der Waals surface area contributed by atoms with E-state index >= 15 is 0 Å². The Morgan fingerprint density at radius 3 is 2.65 bits per heavy atom. The van der Waals surface area contributed by atoms with Gasteiger partial charge in [0.25, 0.3) is 5.69 Å². The largest absolute Gasteiger partial charge is 0.374 e. The second-order valence-corrected chi connectivity index (χ2v) is 6.29. The van der Waals surface area contributed by atoms with E-state index in [1.54, 1.807) is 12.1 Å². The van der Waals surface area contributed by atoms with Crippen LogP contribution < -0.4 is 5.32 Å². The highest BCUT2D eigenvalue weighted by atomic mass is 127. The summed E-state index contributed by atoms with van der Waals surface area (Å²) in [6.07, 6.45) is 2.41. The number of nitrogens with zero attached hydrogens (tertiary/aromatic N) is 1. The van der Waals surface area contributed by atoms with E-state index in [0.717, 1.165) is 3.57 Å². The summed E-state index contributed by atoms with van der Waals surface area (Å²) in [4.78, 5) is 10.7. The molecule has 0 aliphatic heterocycles. The Bertz CT molecular complexity index is 456. The number of halogens is 1. The van der Waals surface area contributed by atoms with Gasteiger partial charge < -0.3 is 5.32 Å².